The minimum absolute atomic E-state index is 0.0881. The van der Waals surface area contributed by atoms with Crippen LogP contribution in [0.25, 0.3) is 33.4 Å². The highest BCUT2D eigenvalue weighted by Crippen LogP contribution is 2.38. The van der Waals surface area contributed by atoms with Gasteiger partial charge in [0.25, 0.3) is 10.0 Å². The molecule has 1 fully saturated rings. The number of phenolic OH excluding ortho intramolecular Hbond substituents is 1. The van der Waals surface area contributed by atoms with E-state index in [4.69, 9.17) is 9.47 Å². The normalized spacial score (nSPS) is 14.6. The fraction of sp³-hybridized carbons (Fsp3) is 0.258. The number of hydrogen-bond acceptors (Lipinski definition) is 10. The smallest absolute Gasteiger partial charge is 0.258 e. The fourth-order valence-corrected chi connectivity index (χ4v) is 6.45. The summed E-state index contributed by atoms with van der Waals surface area (Å²) in [5.74, 6) is -0.546. The molecule has 1 aliphatic rings. The van der Waals surface area contributed by atoms with Crippen LogP contribution in [0.3, 0.4) is 0 Å². The first kappa shape index (κ1) is 29.5. The Kier molecular flexibility index (Phi) is 8.17. The van der Waals surface area contributed by atoms with E-state index in [-0.39, 0.29) is 39.7 Å². The number of aliphatic hydroxyl groups excluding tert-OH is 1. The lowest BCUT2D eigenvalue weighted by molar-refractivity contribution is -0.0191. The standard InChI is InChI=1S/C31H30FN5O6S/c1-2-28(39)43-27-15-21(17-34-31(27)36-11-13-42-14-12-36)30-22-16-24(29-23(32)9-6-10-26(29)38)33-18-25(22)37(35-30)44(40,41)19-20-7-4-3-5-8-20/h3-10,15-18,28,38-39H,2,11-14,19H2,1H3. The number of anilines is 1. The lowest BCUT2D eigenvalue weighted by Crippen LogP contribution is -2.37. The molecule has 1 saturated heterocycles. The molecule has 1 unspecified atom stereocenters. The summed E-state index contributed by atoms with van der Waals surface area (Å²) in [4.78, 5) is 10.9. The molecule has 0 bridgehead atoms. The van der Waals surface area contributed by atoms with Crippen LogP contribution in [-0.2, 0) is 20.5 Å². The molecule has 2 N–H and O–H groups in total. The average Bonchev–Trinajstić information content (AvgIpc) is 3.42. The molecule has 0 radical (unpaired) electrons. The molecule has 0 saturated carbocycles. The number of aromatic nitrogens is 4. The van der Waals surface area contributed by atoms with Crippen molar-refractivity contribution in [2.75, 3.05) is 31.2 Å². The van der Waals surface area contributed by atoms with Crippen molar-refractivity contribution in [3.05, 3.63) is 84.4 Å². The topological polar surface area (TPSA) is 140 Å². The van der Waals surface area contributed by atoms with E-state index in [0.717, 1.165) is 4.09 Å². The molecule has 0 aliphatic carbocycles. The van der Waals surface area contributed by atoms with Crippen molar-refractivity contribution in [2.45, 2.75) is 25.4 Å². The number of benzene rings is 2. The number of rotatable bonds is 9. The van der Waals surface area contributed by atoms with E-state index in [2.05, 4.69) is 15.1 Å². The van der Waals surface area contributed by atoms with Crippen molar-refractivity contribution < 1.29 is 32.5 Å². The van der Waals surface area contributed by atoms with Crippen LogP contribution in [0.4, 0.5) is 10.2 Å². The lowest BCUT2D eigenvalue weighted by Gasteiger charge is -2.29. The van der Waals surface area contributed by atoms with Gasteiger partial charge in [-0.2, -0.15) is 9.19 Å². The SMILES string of the molecule is CCC(O)Oc1cc(-c2nn(S(=O)(=O)Cc3ccccc3)c3cnc(-c4c(O)cccc4F)cc23)cnc1N1CCOCC1. The summed E-state index contributed by atoms with van der Waals surface area (Å²) in [5, 5.41) is 25.7. The number of ether oxygens (including phenoxy) is 2. The van der Waals surface area contributed by atoms with Crippen LogP contribution in [0.2, 0.25) is 0 Å². The Morgan fingerprint density at radius 3 is 2.55 bits per heavy atom. The molecule has 13 heteroatoms. The molecular formula is C31H30FN5O6S. The van der Waals surface area contributed by atoms with Gasteiger partial charge in [-0.15, -0.1) is 0 Å². The molecule has 1 aliphatic heterocycles. The van der Waals surface area contributed by atoms with Crippen molar-refractivity contribution >= 4 is 26.7 Å². The van der Waals surface area contributed by atoms with Crippen molar-refractivity contribution in [3.8, 4) is 34.0 Å². The van der Waals surface area contributed by atoms with Crippen molar-refractivity contribution in [2.24, 2.45) is 0 Å². The number of aliphatic hydroxyl groups is 1. The van der Waals surface area contributed by atoms with Gasteiger partial charge in [-0.3, -0.25) is 4.98 Å². The van der Waals surface area contributed by atoms with Gasteiger partial charge in [0.2, 0.25) is 0 Å². The van der Waals surface area contributed by atoms with Crippen molar-refractivity contribution in [1.29, 1.82) is 0 Å². The zero-order valence-corrected chi connectivity index (χ0v) is 24.6. The van der Waals surface area contributed by atoms with Gasteiger partial charge >= 0.3 is 0 Å². The van der Waals surface area contributed by atoms with Gasteiger partial charge in [0.05, 0.1) is 36.4 Å². The Balaban J connectivity index is 1.54. The number of morpholine rings is 1. The summed E-state index contributed by atoms with van der Waals surface area (Å²) in [5.41, 5.74) is 1.30. The van der Waals surface area contributed by atoms with Gasteiger partial charge in [0.15, 0.2) is 17.9 Å². The molecule has 4 heterocycles. The molecule has 1 atom stereocenters. The Labute approximate surface area is 253 Å². The minimum atomic E-state index is -4.05. The molecule has 2 aromatic carbocycles. The number of pyridine rings is 2. The highest BCUT2D eigenvalue weighted by Gasteiger charge is 2.26. The van der Waals surface area contributed by atoms with E-state index in [0.29, 0.717) is 55.1 Å². The summed E-state index contributed by atoms with van der Waals surface area (Å²) in [6.07, 6.45) is 2.06. The summed E-state index contributed by atoms with van der Waals surface area (Å²) in [6.45, 7) is 3.93. The quantitative estimate of drug-likeness (QED) is 0.229. The summed E-state index contributed by atoms with van der Waals surface area (Å²) in [6, 6.07) is 15.8. The van der Waals surface area contributed by atoms with Crippen LogP contribution < -0.4 is 9.64 Å². The van der Waals surface area contributed by atoms with Gasteiger partial charge < -0.3 is 24.6 Å². The fourth-order valence-electron chi connectivity index (χ4n) is 5.06. The van der Waals surface area contributed by atoms with Gasteiger partial charge in [0, 0.05) is 36.7 Å². The number of halogens is 1. The number of fused-ring (bicyclic) bond motifs is 1. The second-order valence-electron chi connectivity index (χ2n) is 10.3. The third kappa shape index (κ3) is 5.81. The number of nitrogens with zero attached hydrogens (tertiary/aromatic N) is 5. The van der Waals surface area contributed by atoms with Crippen LogP contribution in [-0.4, -0.2) is 70.4 Å². The maximum atomic E-state index is 14.8. The van der Waals surface area contributed by atoms with Gasteiger partial charge in [-0.25, -0.2) is 17.8 Å². The number of hydrogen-bond donors (Lipinski definition) is 2. The highest BCUT2D eigenvalue weighted by atomic mass is 32.2. The molecular weight excluding hydrogens is 589 g/mol. The molecule has 6 rings (SSSR count). The minimum Gasteiger partial charge on any atom is -0.507 e. The molecule has 3 aromatic heterocycles. The first-order chi connectivity index (χ1) is 21.2. The average molecular weight is 620 g/mol. The van der Waals surface area contributed by atoms with Gasteiger partial charge in [0.1, 0.15) is 22.8 Å². The van der Waals surface area contributed by atoms with Gasteiger partial charge in [-0.1, -0.05) is 43.3 Å². The maximum Gasteiger partial charge on any atom is 0.258 e. The summed E-state index contributed by atoms with van der Waals surface area (Å²) >= 11 is 0. The Morgan fingerprint density at radius 2 is 1.82 bits per heavy atom. The van der Waals surface area contributed by atoms with Crippen LogP contribution in [0.15, 0.2) is 73.1 Å². The Hall–Kier alpha value is -4.59. The number of aromatic hydroxyl groups is 1. The first-order valence-corrected chi connectivity index (χ1v) is 15.7. The third-order valence-electron chi connectivity index (χ3n) is 7.27. The third-order valence-corrected chi connectivity index (χ3v) is 8.77. The maximum absolute atomic E-state index is 14.8. The van der Waals surface area contributed by atoms with E-state index in [1.54, 1.807) is 49.5 Å². The zero-order valence-electron chi connectivity index (χ0n) is 23.8. The van der Waals surface area contributed by atoms with Crippen LogP contribution in [0, 0.1) is 5.82 Å². The molecule has 5 aromatic rings. The molecule has 228 valence electrons. The van der Waals surface area contributed by atoms with Crippen molar-refractivity contribution in [1.82, 2.24) is 19.2 Å². The Bertz CT molecular complexity index is 1890. The predicted octanol–water partition coefficient (Wildman–Crippen LogP) is 4.33. The summed E-state index contributed by atoms with van der Waals surface area (Å²) < 4.78 is 54.5. The van der Waals surface area contributed by atoms with E-state index in [9.17, 15) is 23.0 Å². The second kappa shape index (κ2) is 12.2. The first-order valence-electron chi connectivity index (χ1n) is 14.1. The van der Waals surface area contributed by atoms with Crippen LogP contribution in [0.1, 0.15) is 18.9 Å². The van der Waals surface area contributed by atoms with Crippen LogP contribution in [0.5, 0.6) is 11.5 Å². The highest BCUT2D eigenvalue weighted by molar-refractivity contribution is 7.89. The zero-order chi connectivity index (χ0) is 30.8. The van der Waals surface area contributed by atoms with E-state index < -0.39 is 22.1 Å². The molecule has 44 heavy (non-hydrogen) atoms. The lowest BCUT2D eigenvalue weighted by atomic mass is 10.1. The second-order valence-corrected chi connectivity index (χ2v) is 12.1. The van der Waals surface area contributed by atoms with Crippen LogP contribution >= 0.6 is 0 Å². The molecule has 0 amide bonds. The molecule has 11 nitrogen and oxygen atoms in total. The van der Waals surface area contributed by atoms with Crippen molar-refractivity contribution in [3.63, 3.8) is 0 Å². The Morgan fingerprint density at radius 1 is 1.05 bits per heavy atom. The molecule has 0 spiro atoms. The van der Waals surface area contributed by atoms with E-state index >= 15 is 0 Å². The number of phenols is 1. The monoisotopic (exact) mass is 619 g/mol. The largest absolute Gasteiger partial charge is 0.507 e. The van der Waals surface area contributed by atoms with E-state index in [1.807, 2.05) is 4.90 Å². The predicted molar refractivity (Wildman–Crippen MR) is 162 cm³/mol. The summed E-state index contributed by atoms with van der Waals surface area (Å²) in [7, 11) is -4.05. The van der Waals surface area contributed by atoms with Gasteiger partial charge in [-0.05, 0) is 29.8 Å². The van der Waals surface area contributed by atoms with E-state index in [1.165, 1.54) is 30.5 Å².